The number of urea groups is 1. The molecule has 1 fully saturated rings. The molecule has 1 aliphatic rings. The minimum absolute atomic E-state index is 0.000268. The highest BCUT2D eigenvalue weighted by atomic mass is 32.1. The maximum Gasteiger partial charge on any atom is 0.340 e. The highest BCUT2D eigenvalue weighted by Crippen LogP contribution is 2.25. The molecule has 0 aliphatic carbocycles. The van der Waals surface area contributed by atoms with Crippen molar-refractivity contribution in [2.45, 2.75) is 25.9 Å². The van der Waals surface area contributed by atoms with E-state index in [1.165, 1.54) is 18.4 Å². The number of hydrogen-bond acceptors (Lipinski definition) is 5. The summed E-state index contributed by atoms with van der Waals surface area (Å²) in [7, 11) is 1.32. The van der Waals surface area contributed by atoms with Crippen LogP contribution in [0.1, 0.15) is 24.2 Å². The number of rotatable bonds is 2. The number of carbonyl (C=O) groups excluding carboxylic acids is 2. The molecule has 110 valence electrons. The van der Waals surface area contributed by atoms with Crippen molar-refractivity contribution in [3.63, 3.8) is 0 Å². The maximum atomic E-state index is 12.4. The van der Waals surface area contributed by atoms with E-state index in [1.807, 2.05) is 13.8 Å². The zero-order valence-electron chi connectivity index (χ0n) is 11.7. The van der Waals surface area contributed by atoms with Crippen molar-refractivity contribution in [1.82, 2.24) is 4.90 Å². The fraction of sp³-hybridized carbons (Fsp3) is 0.538. The molecule has 1 saturated heterocycles. The molecule has 2 atom stereocenters. The number of nitrogens with one attached hydrogen (secondary N) is 1. The summed E-state index contributed by atoms with van der Waals surface area (Å²) in [6.07, 6.45) is 0. The molecule has 1 aliphatic heterocycles. The predicted octanol–water partition coefficient (Wildman–Crippen LogP) is 2.18. The molecule has 1 aromatic rings. The second-order valence-electron chi connectivity index (χ2n) is 4.73. The van der Waals surface area contributed by atoms with Gasteiger partial charge in [0.15, 0.2) is 0 Å². The summed E-state index contributed by atoms with van der Waals surface area (Å²) >= 11 is 1.30. The van der Waals surface area contributed by atoms with Crippen molar-refractivity contribution in [1.29, 1.82) is 0 Å². The molecule has 2 rings (SSSR count). The number of morpholine rings is 1. The van der Waals surface area contributed by atoms with Crippen LogP contribution >= 0.6 is 11.3 Å². The molecule has 20 heavy (non-hydrogen) atoms. The first-order valence-electron chi connectivity index (χ1n) is 6.37. The predicted molar refractivity (Wildman–Crippen MR) is 76.3 cm³/mol. The van der Waals surface area contributed by atoms with Crippen LogP contribution in [0.4, 0.5) is 9.80 Å². The fourth-order valence-electron chi connectivity index (χ4n) is 2.24. The van der Waals surface area contributed by atoms with Crippen molar-refractivity contribution in [2.24, 2.45) is 0 Å². The van der Waals surface area contributed by atoms with Crippen molar-refractivity contribution >= 4 is 28.3 Å². The number of esters is 1. The Balaban J connectivity index is 2.11. The Bertz CT molecular complexity index is 492. The van der Waals surface area contributed by atoms with Gasteiger partial charge in [0.2, 0.25) is 0 Å². The SMILES string of the molecule is COC(=O)c1ccsc1NC(=O)N1[C@H](C)COC[C@@H]1C. The number of hydrogen-bond donors (Lipinski definition) is 1. The van der Waals surface area contributed by atoms with Crippen molar-refractivity contribution in [3.05, 3.63) is 17.0 Å². The van der Waals surface area contributed by atoms with Crippen LogP contribution in [0, 0.1) is 0 Å². The molecular formula is C13H18N2O4S. The monoisotopic (exact) mass is 298 g/mol. The Morgan fingerprint density at radius 2 is 2.05 bits per heavy atom. The summed E-state index contributed by atoms with van der Waals surface area (Å²) in [4.78, 5) is 25.7. The van der Waals surface area contributed by atoms with Crippen LogP contribution < -0.4 is 5.32 Å². The molecule has 1 aromatic heterocycles. The van der Waals surface area contributed by atoms with Crippen molar-refractivity contribution < 1.29 is 19.1 Å². The Hall–Kier alpha value is -1.60. The minimum Gasteiger partial charge on any atom is -0.465 e. The lowest BCUT2D eigenvalue weighted by molar-refractivity contribution is -0.0111. The molecule has 1 N–H and O–H groups in total. The molecular weight excluding hydrogens is 280 g/mol. The van der Waals surface area contributed by atoms with E-state index in [1.54, 1.807) is 16.3 Å². The van der Waals surface area contributed by atoms with Crippen LogP contribution in [0.5, 0.6) is 0 Å². The van der Waals surface area contributed by atoms with Crippen LogP contribution in [-0.4, -0.2) is 49.3 Å². The third-order valence-electron chi connectivity index (χ3n) is 3.19. The smallest absolute Gasteiger partial charge is 0.340 e. The first-order chi connectivity index (χ1) is 9.54. The molecule has 7 heteroatoms. The quantitative estimate of drug-likeness (QED) is 0.850. The van der Waals surface area contributed by atoms with Gasteiger partial charge in [0.25, 0.3) is 0 Å². The lowest BCUT2D eigenvalue weighted by atomic mass is 10.2. The Kier molecular flexibility index (Phi) is 4.61. The summed E-state index contributed by atoms with van der Waals surface area (Å²) in [6.45, 7) is 4.91. The van der Waals surface area contributed by atoms with Gasteiger partial charge in [0, 0.05) is 0 Å². The summed E-state index contributed by atoms with van der Waals surface area (Å²) in [5.74, 6) is -0.454. The van der Waals surface area contributed by atoms with Gasteiger partial charge in [-0.1, -0.05) is 0 Å². The Morgan fingerprint density at radius 3 is 2.65 bits per heavy atom. The van der Waals surface area contributed by atoms with E-state index >= 15 is 0 Å². The maximum absolute atomic E-state index is 12.4. The topological polar surface area (TPSA) is 67.9 Å². The minimum atomic E-state index is -0.454. The highest BCUT2D eigenvalue weighted by Gasteiger charge is 2.30. The fourth-order valence-corrected chi connectivity index (χ4v) is 3.01. The molecule has 2 heterocycles. The first-order valence-corrected chi connectivity index (χ1v) is 7.25. The summed E-state index contributed by atoms with van der Waals surface area (Å²) in [5.41, 5.74) is 0.374. The van der Waals surface area contributed by atoms with E-state index in [9.17, 15) is 9.59 Å². The van der Waals surface area contributed by atoms with Crippen LogP contribution in [0.15, 0.2) is 11.4 Å². The third kappa shape index (κ3) is 2.94. The second-order valence-corrected chi connectivity index (χ2v) is 5.64. The molecule has 2 amide bonds. The number of anilines is 1. The van der Waals surface area contributed by atoms with E-state index in [2.05, 4.69) is 10.1 Å². The van der Waals surface area contributed by atoms with Crippen molar-refractivity contribution in [2.75, 3.05) is 25.6 Å². The van der Waals surface area contributed by atoms with Gasteiger partial charge in [-0.15, -0.1) is 11.3 Å². The Morgan fingerprint density at radius 1 is 1.40 bits per heavy atom. The normalized spacial score (nSPS) is 22.4. The first kappa shape index (κ1) is 14.8. The largest absolute Gasteiger partial charge is 0.465 e. The number of nitrogens with zero attached hydrogens (tertiary/aromatic N) is 1. The lowest BCUT2D eigenvalue weighted by Gasteiger charge is -2.38. The second kappa shape index (κ2) is 6.23. The average molecular weight is 298 g/mol. The standard InChI is InChI=1S/C13H18N2O4S/c1-8-6-19-7-9(2)15(8)13(17)14-11-10(4-5-20-11)12(16)18-3/h4-5,8-9H,6-7H2,1-3H3,(H,14,17)/t8-,9+. The Labute approximate surface area is 121 Å². The van der Waals surface area contributed by atoms with E-state index in [4.69, 9.17) is 4.74 Å². The van der Waals surface area contributed by atoms with Gasteiger partial charge in [0.05, 0.1) is 38.0 Å². The average Bonchev–Trinajstić information content (AvgIpc) is 2.85. The van der Waals surface area contributed by atoms with Gasteiger partial charge in [-0.2, -0.15) is 0 Å². The number of carbonyl (C=O) groups is 2. The van der Waals surface area contributed by atoms with E-state index < -0.39 is 5.97 Å². The highest BCUT2D eigenvalue weighted by molar-refractivity contribution is 7.14. The van der Waals surface area contributed by atoms with E-state index in [0.717, 1.165) is 0 Å². The summed E-state index contributed by atoms with van der Waals surface area (Å²) in [5, 5.41) is 5.04. The number of thiophene rings is 1. The van der Waals surface area contributed by atoms with E-state index in [-0.39, 0.29) is 18.1 Å². The van der Waals surface area contributed by atoms with Crippen LogP contribution in [0.2, 0.25) is 0 Å². The molecule has 0 saturated carbocycles. The van der Waals surface area contributed by atoms with Gasteiger partial charge in [-0.25, -0.2) is 9.59 Å². The van der Waals surface area contributed by atoms with Crippen LogP contribution in [-0.2, 0) is 9.47 Å². The number of methoxy groups -OCH3 is 1. The van der Waals surface area contributed by atoms with Gasteiger partial charge < -0.3 is 14.4 Å². The van der Waals surface area contributed by atoms with E-state index in [0.29, 0.717) is 23.8 Å². The molecule has 0 unspecified atom stereocenters. The van der Waals surface area contributed by atoms with Gasteiger partial charge in [-0.05, 0) is 25.3 Å². The molecule has 0 radical (unpaired) electrons. The zero-order chi connectivity index (χ0) is 14.7. The van der Waals surface area contributed by atoms with Crippen LogP contribution in [0.3, 0.4) is 0 Å². The molecule has 0 bridgehead atoms. The van der Waals surface area contributed by atoms with Crippen molar-refractivity contribution in [3.8, 4) is 0 Å². The molecule has 0 aromatic carbocycles. The molecule has 6 nitrogen and oxygen atoms in total. The zero-order valence-corrected chi connectivity index (χ0v) is 12.5. The van der Waals surface area contributed by atoms with Crippen LogP contribution in [0.25, 0.3) is 0 Å². The van der Waals surface area contributed by atoms with Gasteiger partial charge in [-0.3, -0.25) is 5.32 Å². The number of ether oxygens (including phenoxy) is 2. The van der Waals surface area contributed by atoms with Gasteiger partial charge in [0.1, 0.15) is 5.00 Å². The third-order valence-corrected chi connectivity index (χ3v) is 4.02. The summed E-state index contributed by atoms with van der Waals surface area (Å²) in [6, 6.07) is 1.42. The lowest BCUT2D eigenvalue weighted by Crippen LogP contribution is -2.54. The molecule has 0 spiro atoms. The summed E-state index contributed by atoms with van der Waals surface area (Å²) < 4.78 is 10.1. The van der Waals surface area contributed by atoms with Gasteiger partial charge >= 0.3 is 12.0 Å². The number of amides is 2.